The van der Waals surface area contributed by atoms with Gasteiger partial charge in [0.1, 0.15) is 17.6 Å². The summed E-state index contributed by atoms with van der Waals surface area (Å²) in [6, 6.07) is 5.41. The molecule has 0 bridgehead atoms. The van der Waals surface area contributed by atoms with Crippen LogP contribution in [0.5, 0.6) is 5.75 Å². The van der Waals surface area contributed by atoms with Gasteiger partial charge in [-0.2, -0.15) is 18.4 Å². The normalized spacial score (nSPS) is 12.7. The summed E-state index contributed by atoms with van der Waals surface area (Å²) in [6.45, 7) is 5.42. The van der Waals surface area contributed by atoms with Crippen molar-refractivity contribution >= 4 is 0 Å². The van der Waals surface area contributed by atoms with Gasteiger partial charge in [-0.25, -0.2) is 4.98 Å². The zero-order chi connectivity index (χ0) is 22.9. The monoisotopic (exact) mass is 433 g/mol. The molecule has 164 valence electrons. The molecule has 0 aliphatic heterocycles. The molecule has 0 fully saturated rings. The third-order valence-corrected chi connectivity index (χ3v) is 4.68. The van der Waals surface area contributed by atoms with Crippen LogP contribution in [0.3, 0.4) is 0 Å². The maximum Gasteiger partial charge on any atom is 0.573 e. The SMILES string of the molecule is CCc1nc(CC)n(-c2ccc(CC(C)(C)C(F)(F)F)cc2OC(F)(F)F)c1C#N. The molecule has 1 aromatic heterocycles. The van der Waals surface area contributed by atoms with Crippen molar-refractivity contribution in [3.05, 3.63) is 41.0 Å². The van der Waals surface area contributed by atoms with Gasteiger partial charge >= 0.3 is 12.5 Å². The first-order chi connectivity index (χ1) is 13.7. The molecule has 0 aliphatic rings. The molecule has 0 atom stereocenters. The Bertz CT molecular complexity index is 951. The molecule has 0 radical (unpaired) electrons. The van der Waals surface area contributed by atoms with Gasteiger partial charge in [0.25, 0.3) is 0 Å². The fourth-order valence-electron chi connectivity index (χ4n) is 3.04. The van der Waals surface area contributed by atoms with Gasteiger partial charge in [-0.15, -0.1) is 13.2 Å². The van der Waals surface area contributed by atoms with Crippen molar-refractivity contribution in [1.29, 1.82) is 5.26 Å². The zero-order valence-electron chi connectivity index (χ0n) is 16.9. The minimum Gasteiger partial charge on any atom is -0.404 e. The van der Waals surface area contributed by atoms with Crippen molar-refractivity contribution in [3.63, 3.8) is 0 Å². The lowest BCUT2D eigenvalue weighted by atomic mass is 9.85. The lowest BCUT2D eigenvalue weighted by Crippen LogP contribution is -2.34. The third-order valence-electron chi connectivity index (χ3n) is 4.68. The van der Waals surface area contributed by atoms with E-state index in [0.717, 1.165) is 19.9 Å². The quantitative estimate of drug-likeness (QED) is 0.533. The number of rotatable bonds is 6. The predicted molar refractivity (Wildman–Crippen MR) is 97.3 cm³/mol. The van der Waals surface area contributed by atoms with Crippen molar-refractivity contribution in [2.75, 3.05) is 0 Å². The van der Waals surface area contributed by atoms with Gasteiger partial charge in [-0.1, -0.05) is 33.8 Å². The average molecular weight is 433 g/mol. The number of hydrogen-bond acceptors (Lipinski definition) is 3. The van der Waals surface area contributed by atoms with Crippen LogP contribution in [-0.2, 0) is 19.3 Å². The number of ether oxygens (including phenoxy) is 1. The molecule has 4 nitrogen and oxygen atoms in total. The second kappa shape index (κ2) is 8.20. The first kappa shape index (κ1) is 23.6. The number of nitrogens with zero attached hydrogens (tertiary/aromatic N) is 3. The molecular formula is C20H21F6N3O. The van der Waals surface area contributed by atoms with E-state index in [1.807, 2.05) is 6.07 Å². The van der Waals surface area contributed by atoms with Crippen LogP contribution in [0.2, 0.25) is 0 Å². The van der Waals surface area contributed by atoms with Crippen molar-refractivity contribution < 1.29 is 31.1 Å². The summed E-state index contributed by atoms with van der Waals surface area (Å²) in [6.07, 6.45) is -9.44. The summed E-state index contributed by atoms with van der Waals surface area (Å²) in [7, 11) is 0. The molecule has 2 rings (SSSR count). The fraction of sp³-hybridized carbons (Fsp3) is 0.500. The van der Waals surface area contributed by atoms with E-state index in [0.29, 0.717) is 24.4 Å². The molecule has 10 heteroatoms. The van der Waals surface area contributed by atoms with E-state index in [-0.39, 0.29) is 16.9 Å². The van der Waals surface area contributed by atoms with Gasteiger partial charge in [0, 0.05) is 6.42 Å². The molecule has 0 amide bonds. The third kappa shape index (κ3) is 4.89. The zero-order valence-corrected chi connectivity index (χ0v) is 16.9. The number of aryl methyl sites for hydroxylation is 2. The smallest absolute Gasteiger partial charge is 0.404 e. The van der Waals surface area contributed by atoms with Crippen LogP contribution in [-0.4, -0.2) is 22.1 Å². The van der Waals surface area contributed by atoms with E-state index in [4.69, 9.17) is 0 Å². The van der Waals surface area contributed by atoms with E-state index in [2.05, 4.69) is 9.72 Å². The van der Waals surface area contributed by atoms with Gasteiger partial charge in [-0.3, -0.25) is 4.57 Å². The highest BCUT2D eigenvalue weighted by molar-refractivity contribution is 5.53. The Morgan fingerprint density at radius 3 is 2.17 bits per heavy atom. The van der Waals surface area contributed by atoms with E-state index >= 15 is 0 Å². The van der Waals surface area contributed by atoms with Crippen LogP contribution in [0.15, 0.2) is 18.2 Å². The van der Waals surface area contributed by atoms with E-state index in [1.165, 1.54) is 16.7 Å². The summed E-state index contributed by atoms with van der Waals surface area (Å²) in [4.78, 5) is 4.30. The lowest BCUT2D eigenvalue weighted by molar-refractivity contribution is -0.274. The van der Waals surface area contributed by atoms with Crippen LogP contribution in [0.4, 0.5) is 26.3 Å². The second-order valence-corrected chi connectivity index (χ2v) is 7.39. The van der Waals surface area contributed by atoms with Crippen LogP contribution >= 0.6 is 0 Å². The number of imidazole rings is 1. The number of alkyl halides is 6. The highest BCUT2D eigenvalue weighted by atomic mass is 19.4. The highest BCUT2D eigenvalue weighted by Gasteiger charge is 2.47. The summed E-state index contributed by atoms with van der Waals surface area (Å²) in [5.74, 6) is -0.344. The van der Waals surface area contributed by atoms with Crippen LogP contribution in [0.1, 0.15) is 50.5 Å². The number of hydrogen-bond donors (Lipinski definition) is 0. The lowest BCUT2D eigenvalue weighted by Gasteiger charge is -2.28. The van der Waals surface area contributed by atoms with E-state index in [9.17, 15) is 31.6 Å². The Labute approximate surface area is 170 Å². The molecular weight excluding hydrogens is 412 g/mol. The Kier molecular flexibility index (Phi) is 6.45. The number of halogens is 6. The van der Waals surface area contributed by atoms with Crippen molar-refractivity contribution in [3.8, 4) is 17.5 Å². The first-order valence-corrected chi connectivity index (χ1v) is 9.20. The van der Waals surface area contributed by atoms with Crippen LogP contribution in [0, 0.1) is 16.7 Å². The molecule has 0 aliphatic carbocycles. The van der Waals surface area contributed by atoms with Crippen LogP contribution < -0.4 is 4.74 Å². The van der Waals surface area contributed by atoms with Crippen molar-refractivity contribution in [2.24, 2.45) is 5.41 Å². The largest absolute Gasteiger partial charge is 0.573 e. The molecule has 0 saturated heterocycles. The molecule has 1 heterocycles. The van der Waals surface area contributed by atoms with Gasteiger partial charge in [0.2, 0.25) is 0 Å². The van der Waals surface area contributed by atoms with E-state index < -0.39 is 30.1 Å². The maximum absolute atomic E-state index is 13.2. The van der Waals surface area contributed by atoms with Crippen molar-refractivity contribution in [2.45, 2.75) is 59.5 Å². The first-order valence-electron chi connectivity index (χ1n) is 9.20. The molecule has 30 heavy (non-hydrogen) atoms. The molecule has 0 saturated carbocycles. The fourth-order valence-corrected chi connectivity index (χ4v) is 3.04. The Morgan fingerprint density at radius 1 is 1.07 bits per heavy atom. The molecule has 1 aromatic carbocycles. The van der Waals surface area contributed by atoms with Crippen molar-refractivity contribution in [1.82, 2.24) is 9.55 Å². The topological polar surface area (TPSA) is 50.8 Å². The van der Waals surface area contributed by atoms with Gasteiger partial charge in [0.05, 0.1) is 16.8 Å². The summed E-state index contributed by atoms with van der Waals surface area (Å²) in [5, 5.41) is 9.52. The summed E-state index contributed by atoms with van der Waals surface area (Å²) in [5.41, 5.74) is -1.77. The van der Waals surface area contributed by atoms with E-state index in [1.54, 1.807) is 13.8 Å². The van der Waals surface area contributed by atoms with Crippen LogP contribution in [0.25, 0.3) is 5.69 Å². The number of benzene rings is 1. The minimum absolute atomic E-state index is 0.0210. The highest BCUT2D eigenvalue weighted by Crippen LogP contribution is 2.41. The second-order valence-electron chi connectivity index (χ2n) is 7.39. The molecule has 0 spiro atoms. The summed E-state index contributed by atoms with van der Waals surface area (Å²) >= 11 is 0. The maximum atomic E-state index is 13.2. The molecule has 0 unspecified atom stereocenters. The summed E-state index contributed by atoms with van der Waals surface area (Å²) < 4.78 is 84.2. The predicted octanol–water partition coefficient (Wildman–Crippen LogP) is 5.90. The molecule has 0 N–H and O–H groups in total. The average Bonchev–Trinajstić information content (AvgIpc) is 2.96. The molecule has 2 aromatic rings. The number of aromatic nitrogens is 2. The Morgan fingerprint density at radius 2 is 1.70 bits per heavy atom. The van der Waals surface area contributed by atoms with Gasteiger partial charge < -0.3 is 4.74 Å². The van der Waals surface area contributed by atoms with Gasteiger partial charge in [0.15, 0.2) is 5.75 Å². The van der Waals surface area contributed by atoms with Gasteiger partial charge in [-0.05, 0) is 30.5 Å². The number of nitriles is 1. The minimum atomic E-state index is -5.07. The standard InChI is InChI=1S/C20H21F6N3O/c1-5-13-15(11-27)29(17(6-2)28-13)14-8-7-12(9-16(14)30-20(24,25)26)10-18(3,4)19(21,22)23/h7-9H,5-6,10H2,1-4H3. The Balaban J connectivity index is 2.68. The Hall–Kier alpha value is -2.70.